The molecule has 0 aliphatic heterocycles. The highest BCUT2D eigenvalue weighted by molar-refractivity contribution is 5.81. The van der Waals surface area contributed by atoms with Crippen molar-refractivity contribution < 1.29 is 9.53 Å². The van der Waals surface area contributed by atoms with E-state index in [1.807, 2.05) is 43.9 Å². The van der Waals surface area contributed by atoms with Crippen molar-refractivity contribution in [1.82, 2.24) is 4.90 Å². The third-order valence-electron chi connectivity index (χ3n) is 3.48. The second kappa shape index (κ2) is 7.17. The smallest absolute Gasteiger partial charge is 0.263 e. The van der Waals surface area contributed by atoms with Gasteiger partial charge in [-0.15, -0.1) is 0 Å². The van der Waals surface area contributed by atoms with Crippen LogP contribution in [0.3, 0.4) is 0 Å². The summed E-state index contributed by atoms with van der Waals surface area (Å²) in [6.07, 6.45) is 0.296. The van der Waals surface area contributed by atoms with Crippen molar-refractivity contribution in [3.8, 4) is 5.75 Å². The van der Waals surface area contributed by atoms with E-state index in [0.29, 0.717) is 6.42 Å². The van der Waals surface area contributed by atoms with Crippen LogP contribution in [0.15, 0.2) is 18.2 Å². The first-order chi connectivity index (χ1) is 9.03. The molecule has 0 saturated carbocycles. The molecule has 1 atom stereocenters. The van der Waals surface area contributed by atoms with Gasteiger partial charge in [0.1, 0.15) is 5.75 Å². The highest BCUT2D eigenvalue weighted by Gasteiger charge is 2.22. The van der Waals surface area contributed by atoms with E-state index in [1.165, 1.54) is 11.1 Å². The monoisotopic (exact) mass is 263 g/mol. The summed E-state index contributed by atoms with van der Waals surface area (Å²) in [6.45, 7) is 11.5. The highest BCUT2D eigenvalue weighted by Crippen LogP contribution is 2.19. The summed E-state index contributed by atoms with van der Waals surface area (Å²) in [7, 11) is 0. The first-order valence-corrected chi connectivity index (χ1v) is 7.06. The molecule has 1 rings (SSSR count). The molecule has 0 saturated heterocycles. The van der Waals surface area contributed by atoms with E-state index in [4.69, 9.17) is 4.74 Å². The third-order valence-corrected chi connectivity index (χ3v) is 3.48. The summed E-state index contributed by atoms with van der Waals surface area (Å²) in [6, 6.07) is 5.95. The Morgan fingerprint density at radius 2 is 1.79 bits per heavy atom. The number of aryl methyl sites for hydroxylation is 2. The van der Waals surface area contributed by atoms with Gasteiger partial charge in [0.25, 0.3) is 5.91 Å². The number of nitrogens with zero attached hydrogens (tertiary/aromatic N) is 1. The normalized spacial score (nSPS) is 12.1. The third kappa shape index (κ3) is 3.98. The Morgan fingerprint density at radius 3 is 2.26 bits per heavy atom. The van der Waals surface area contributed by atoms with Gasteiger partial charge in [0.05, 0.1) is 0 Å². The lowest BCUT2D eigenvalue weighted by Crippen LogP contribution is -2.41. The minimum Gasteiger partial charge on any atom is -0.481 e. The van der Waals surface area contributed by atoms with Crippen LogP contribution < -0.4 is 4.74 Å². The van der Waals surface area contributed by atoms with Crippen molar-refractivity contribution in [1.29, 1.82) is 0 Å². The maximum atomic E-state index is 12.3. The van der Waals surface area contributed by atoms with E-state index in [-0.39, 0.29) is 12.0 Å². The number of carbonyl (C=O) groups is 1. The van der Waals surface area contributed by atoms with Crippen LogP contribution in [0.4, 0.5) is 0 Å². The number of ether oxygens (including phenoxy) is 1. The number of amides is 1. The number of carbonyl (C=O) groups excluding carboxylic acids is 1. The van der Waals surface area contributed by atoms with E-state index in [2.05, 4.69) is 13.8 Å². The Labute approximate surface area is 116 Å². The van der Waals surface area contributed by atoms with Crippen LogP contribution in [0.25, 0.3) is 0 Å². The first-order valence-electron chi connectivity index (χ1n) is 7.06. The van der Waals surface area contributed by atoms with E-state index in [0.717, 1.165) is 18.8 Å². The van der Waals surface area contributed by atoms with Crippen LogP contribution >= 0.6 is 0 Å². The molecule has 1 aromatic carbocycles. The fourth-order valence-corrected chi connectivity index (χ4v) is 2.00. The average Bonchev–Trinajstić information content (AvgIpc) is 2.41. The van der Waals surface area contributed by atoms with Gasteiger partial charge in [0.15, 0.2) is 6.10 Å². The van der Waals surface area contributed by atoms with Crippen LogP contribution in [0, 0.1) is 13.8 Å². The lowest BCUT2D eigenvalue weighted by molar-refractivity contribution is -0.138. The summed E-state index contributed by atoms with van der Waals surface area (Å²) in [5.41, 5.74) is 2.41. The SMILES string of the molecule is CC[C@@H](Oc1ccc(C)c(C)c1)C(=O)N(CC)CC. The molecular formula is C16H25NO2. The lowest BCUT2D eigenvalue weighted by Gasteiger charge is -2.25. The molecule has 3 heteroatoms. The van der Waals surface area contributed by atoms with Gasteiger partial charge in [-0.1, -0.05) is 13.0 Å². The molecule has 0 fully saturated rings. The molecule has 0 radical (unpaired) electrons. The second-order valence-electron chi connectivity index (χ2n) is 4.77. The molecule has 1 aromatic rings. The van der Waals surface area contributed by atoms with E-state index in [9.17, 15) is 4.79 Å². The Morgan fingerprint density at radius 1 is 1.16 bits per heavy atom. The lowest BCUT2D eigenvalue weighted by atomic mass is 10.1. The van der Waals surface area contributed by atoms with Gasteiger partial charge in [-0.2, -0.15) is 0 Å². The van der Waals surface area contributed by atoms with Crippen molar-refractivity contribution in [2.75, 3.05) is 13.1 Å². The number of likely N-dealkylation sites (N-methyl/N-ethyl adjacent to an activating group) is 1. The number of rotatable bonds is 6. The van der Waals surface area contributed by atoms with Crippen LogP contribution in [-0.2, 0) is 4.79 Å². The summed E-state index contributed by atoms with van der Waals surface area (Å²) in [5, 5.41) is 0. The molecule has 0 heterocycles. The fourth-order valence-electron chi connectivity index (χ4n) is 2.00. The van der Waals surface area contributed by atoms with Gasteiger partial charge < -0.3 is 9.64 Å². The zero-order chi connectivity index (χ0) is 14.4. The van der Waals surface area contributed by atoms with Crippen LogP contribution in [0.2, 0.25) is 0 Å². The van der Waals surface area contributed by atoms with Gasteiger partial charge in [-0.25, -0.2) is 0 Å². The topological polar surface area (TPSA) is 29.5 Å². The molecule has 0 aliphatic carbocycles. The average molecular weight is 263 g/mol. The first kappa shape index (κ1) is 15.5. The zero-order valence-corrected chi connectivity index (χ0v) is 12.7. The fraction of sp³-hybridized carbons (Fsp3) is 0.562. The minimum absolute atomic E-state index is 0.0747. The minimum atomic E-state index is -0.387. The second-order valence-corrected chi connectivity index (χ2v) is 4.77. The number of hydrogen-bond donors (Lipinski definition) is 0. The Bertz CT molecular complexity index is 425. The molecule has 0 spiro atoms. The quantitative estimate of drug-likeness (QED) is 0.788. The largest absolute Gasteiger partial charge is 0.481 e. The predicted molar refractivity (Wildman–Crippen MR) is 78.6 cm³/mol. The molecule has 3 nitrogen and oxygen atoms in total. The molecule has 19 heavy (non-hydrogen) atoms. The summed E-state index contributed by atoms with van der Waals surface area (Å²) >= 11 is 0. The van der Waals surface area contributed by atoms with Gasteiger partial charge in [-0.05, 0) is 57.4 Å². The van der Waals surface area contributed by atoms with Crippen LogP contribution in [-0.4, -0.2) is 30.0 Å². The summed E-state index contributed by atoms with van der Waals surface area (Å²) < 4.78 is 5.85. The van der Waals surface area contributed by atoms with Crippen molar-refractivity contribution in [3.63, 3.8) is 0 Å². The summed E-state index contributed by atoms with van der Waals surface area (Å²) in [4.78, 5) is 14.1. The molecular weight excluding hydrogens is 238 g/mol. The summed E-state index contributed by atoms with van der Waals surface area (Å²) in [5.74, 6) is 0.848. The Hall–Kier alpha value is -1.51. The predicted octanol–water partition coefficient (Wildman–Crippen LogP) is 3.33. The molecule has 0 N–H and O–H groups in total. The molecule has 1 amide bonds. The maximum absolute atomic E-state index is 12.3. The Kier molecular flexibility index (Phi) is 5.87. The molecule has 0 unspecified atom stereocenters. The van der Waals surface area contributed by atoms with Crippen LogP contribution in [0.1, 0.15) is 38.3 Å². The molecule has 106 valence electrons. The molecule has 0 bridgehead atoms. The van der Waals surface area contributed by atoms with Crippen molar-refractivity contribution in [3.05, 3.63) is 29.3 Å². The number of hydrogen-bond acceptors (Lipinski definition) is 2. The van der Waals surface area contributed by atoms with Gasteiger partial charge >= 0.3 is 0 Å². The van der Waals surface area contributed by atoms with Gasteiger partial charge in [0.2, 0.25) is 0 Å². The van der Waals surface area contributed by atoms with Crippen molar-refractivity contribution in [2.45, 2.75) is 47.1 Å². The molecule has 0 aromatic heterocycles. The van der Waals surface area contributed by atoms with E-state index >= 15 is 0 Å². The molecule has 0 aliphatic rings. The highest BCUT2D eigenvalue weighted by atomic mass is 16.5. The van der Waals surface area contributed by atoms with Gasteiger partial charge in [0, 0.05) is 13.1 Å². The zero-order valence-electron chi connectivity index (χ0n) is 12.7. The van der Waals surface area contributed by atoms with Gasteiger partial charge in [-0.3, -0.25) is 4.79 Å². The van der Waals surface area contributed by atoms with E-state index < -0.39 is 0 Å². The number of benzene rings is 1. The van der Waals surface area contributed by atoms with Crippen LogP contribution in [0.5, 0.6) is 5.75 Å². The van der Waals surface area contributed by atoms with Crippen molar-refractivity contribution >= 4 is 5.91 Å². The Balaban J connectivity index is 2.81. The standard InChI is InChI=1S/C16H25NO2/c1-6-15(16(18)17(7-2)8-3)19-14-10-9-12(4)13(5)11-14/h9-11,15H,6-8H2,1-5H3/t15-/m1/s1. The van der Waals surface area contributed by atoms with Crippen molar-refractivity contribution in [2.24, 2.45) is 0 Å². The van der Waals surface area contributed by atoms with E-state index in [1.54, 1.807) is 0 Å². The maximum Gasteiger partial charge on any atom is 0.263 e.